The Kier molecular flexibility index (Phi) is 9.91. The number of anilines is 1. The second-order valence-electron chi connectivity index (χ2n) is 11.2. The van der Waals surface area contributed by atoms with Crippen molar-refractivity contribution in [2.24, 2.45) is 11.7 Å². The number of nitrogens with zero attached hydrogens (tertiary/aromatic N) is 4. The quantitative estimate of drug-likeness (QED) is 0.183. The fourth-order valence-corrected chi connectivity index (χ4v) is 5.63. The Morgan fingerprint density at radius 1 is 1.02 bits per heavy atom. The summed E-state index contributed by atoms with van der Waals surface area (Å²) in [6.45, 7) is 3.59. The highest BCUT2D eigenvalue weighted by Crippen LogP contribution is 2.31. The maximum atomic E-state index is 13.8. The second-order valence-corrected chi connectivity index (χ2v) is 12.8. The van der Waals surface area contributed by atoms with Gasteiger partial charge in [-0.1, -0.05) is 25.1 Å². The van der Waals surface area contributed by atoms with Crippen molar-refractivity contribution in [1.29, 1.82) is 0 Å². The minimum atomic E-state index is -4.02. The molecule has 0 radical (unpaired) electrons. The van der Waals surface area contributed by atoms with Gasteiger partial charge >= 0.3 is 16.1 Å². The molecular formula is C33H34N6O8S. The van der Waals surface area contributed by atoms with E-state index in [1.165, 1.54) is 10.9 Å². The number of ether oxygens (including phenoxy) is 2. The van der Waals surface area contributed by atoms with Gasteiger partial charge in [-0.3, -0.25) is 19.3 Å². The van der Waals surface area contributed by atoms with Gasteiger partial charge in [-0.05, 0) is 61.7 Å². The Hall–Kier alpha value is -5.54. The molecule has 0 fully saturated rings. The van der Waals surface area contributed by atoms with Gasteiger partial charge in [0.2, 0.25) is 0 Å². The van der Waals surface area contributed by atoms with Crippen LogP contribution < -0.4 is 26.1 Å². The molecule has 5 aromatic rings. The van der Waals surface area contributed by atoms with Crippen molar-refractivity contribution in [1.82, 2.24) is 19.3 Å². The molecule has 2 unspecified atom stereocenters. The van der Waals surface area contributed by atoms with Gasteiger partial charge < -0.3 is 24.7 Å². The molecule has 0 bridgehead atoms. The molecule has 1 amide bonds. The number of hydrogen-bond acceptors (Lipinski definition) is 11. The number of amides is 1. The largest absolute Gasteiger partial charge is 0.497 e. The molecule has 0 spiro atoms. The molecule has 2 atom stereocenters. The van der Waals surface area contributed by atoms with E-state index >= 15 is 0 Å². The number of aromatic nitrogens is 4. The Balaban J connectivity index is 1.36. The maximum Gasteiger partial charge on any atom is 0.338 e. The number of pyridine rings is 2. The van der Waals surface area contributed by atoms with Crippen LogP contribution in [0.4, 0.5) is 5.82 Å². The molecule has 0 aliphatic rings. The van der Waals surface area contributed by atoms with Crippen molar-refractivity contribution >= 4 is 38.7 Å². The minimum absolute atomic E-state index is 0.0539. The number of benzene rings is 2. The van der Waals surface area contributed by atoms with Gasteiger partial charge in [-0.2, -0.15) is 8.42 Å². The number of fused-ring (bicyclic) bond motifs is 1. The van der Waals surface area contributed by atoms with Gasteiger partial charge in [0, 0.05) is 24.2 Å². The van der Waals surface area contributed by atoms with E-state index in [0.29, 0.717) is 34.1 Å². The van der Waals surface area contributed by atoms with Crippen LogP contribution in [0, 0.1) is 12.8 Å². The van der Waals surface area contributed by atoms with Gasteiger partial charge in [-0.15, -0.1) is 0 Å². The van der Waals surface area contributed by atoms with Crippen LogP contribution in [0.2, 0.25) is 0 Å². The summed E-state index contributed by atoms with van der Waals surface area (Å²) in [5.74, 6) is -0.248. The fourth-order valence-electron chi connectivity index (χ4n) is 5.20. The summed E-state index contributed by atoms with van der Waals surface area (Å²) in [5.41, 5.74) is 6.82. The summed E-state index contributed by atoms with van der Waals surface area (Å²) in [7, 11) is -2.44. The average molecular weight is 675 g/mol. The molecule has 5 rings (SSSR count). The van der Waals surface area contributed by atoms with Crippen LogP contribution >= 0.6 is 0 Å². The lowest BCUT2D eigenvalue weighted by atomic mass is 10.0. The molecule has 14 nitrogen and oxygen atoms in total. The first-order valence-corrected chi connectivity index (χ1v) is 16.6. The smallest absolute Gasteiger partial charge is 0.338 e. The number of carbonyl (C=O) groups is 2. The van der Waals surface area contributed by atoms with E-state index in [1.54, 1.807) is 86.4 Å². The van der Waals surface area contributed by atoms with E-state index in [-0.39, 0.29) is 30.3 Å². The number of carbonyl (C=O) groups excluding carboxylic acids is 2. The molecule has 0 aliphatic heterocycles. The third kappa shape index (κ3) is 7.70. The van der Waals surface area contributed by atoms with Crippen LogP contribution in [0.1, 0.15) is 29.4 Å². The molecule has 250 valence electrons. The fraction of sp³-hybridized carbons (Fsp3) is 0.242. The number of rotatable bonds is 12. The molecule has 15 heteroatoms. The zero-order valence-electron chi connectivity index (χ0n) is 26.6. The SMILES string of the molecule is COc1ccc2c(Oc3ccc(NC(=O)c4c(C)n(CC(C)CC(N)C(=O)OS(C)(=O)=O)n(-c5ccccc5)c4=O)nc3)ccnc2c1. The van der Waals surface area contributed by atoms with Gasteiger partial charge in [-0.25, -0.2) is 14.5 Å². The molecular weight excluding hydrogens is 640 g/mol. The van der Waals surface area contributed by atoms with Crippen molar-refractivity contribution in [2.45, 2.75) is 32.9 Å². The first kappa shape index (κ1) is 33.8. The number of nitrogens with one attached hydrogen (secondary N) is 1. The normalized spacial score (nSPS) is 12.7. The number of hydrogen-bond donors (Lipinski definition) is 2. The highest BCUT2D eigenvalue weighted by atomic mass is 32.2. The summed E-state index contributed by atoms with van der Waals surface area (Å²) in [6, 6.07) is 17.9. The van der Waals surface area contributed by atoms with Crippen LogP contribution in [-0.2, 0) is 25.6 Å². The summed E-state index contributed by atoms with van der Waals surface area (Å²) in [6.07, 6.45) is 3.89. The number of methoxy groups -OCH3 is 1. The Morgan fingerprint density at radius 2 is 1.75 bits per heavy atom. The predicted octanol–water partition coefficient (Wildman–Crippen LogP) is 3.80. The topological polar surface area (TPSA) is 187 Å². The van der Waals surface area contributed by atoms with Gasteiger partial charge in [0.25, 0.3) is 11.5 Å². The average Bonchev–Trinajstić information content (AvgIpc) is 3.29. The van der Waals surface area contributed by atoms with Crippen molar-refractivity contribution in [2.75, 3.05) is 18.7 Å². The lowest BCUT2D eigenvalue weighted by molar-refractivity contribution is -0.135. The standard InChI is InChI=1S/C33H34N6O8S/c1-20(16-26(34)33(42)47-48(4,43)44)19-38-21(2)30(32(41)39(38)22-8-6-5-7-9-22)31(40)37-29-13-11-24(18-36-29)46-28-14-15-35-27-17-23(45-3)10-12-25(27)28/h5-15,17-18,20,26H,16,19,34H2,1-4H3,(H,36,37,40). The van der Waals surface area contributed by atoms with Crippen LogP contribution in [0.5, 0.6) is 17.2 Å². The molecule has 0 saturated carbocycles. The van der Waals surface area contributed by atoms with E-state index in [0.717, 1.165) is 11.6 Å². The Morgan fingerprint density at radius 3 is 2.42 bits per heavy atom. The van der Waals surface area contributed by atoms with Crippen molar-refractivity contribution < 1.29 is 31.7 Å². The van der Waals surface area contributed by atoms with Crippen LogP contribution in [0.3, 0.4) is 0 Å². The zero-order chi connectivity index (χ0) is 34.6. The van der Waals surface area contributed by atoms with E-state index in [4.69, 9.17) is 15.2 Å². The van der Waals surface area contributed by atoms with E-state index in [9.17, 15) is 22.8 Å². The zero-order valence-corrected chi connectivity index (χ0v) is 27.4. The van der Waals surface area contributed by atoms with Gasteiger partial charge in [0.15, 0.2) is 0 Å². The summed E-state index contributed by atoms with van der Waals surface area (Å²) < 4.78 is 41.4. The monoisotopic (exact) mass is 674 g/mol. The highest BCUT2D eigenvalue weighted by molar-refractivity contribution is 7.86. The summed E-state index contributed by atoms with van der Waals surface area (Å²) in [5, 5.41) is 3.47. The highest BCUT2D eigenvalue weighted by Gasteiger charge is 2.27. The molecule has 3 aromatic heterocycles. The number of nitrogens with two attached hydrogens (primary N) is 1. The van der Waals surface area contributed by atoms with Crippen molar-refractivity contribution in [3.05, 3.63) is 101 Å². The minimum Gasteiger partial charge on any atom is -0.497 e. The summed E-state index contributed by atoms with van der Waals surface area (Å²) in [4.78, 5) is 48.1. The Labute approximate surface area is 276 Å². The molecule has 0 saturated heterocycles. The first-order chi connectivity index (χ1) is 22.8. The van der Waals surface area contributed by atoms with Crippen LogP contribution in [0.15, 0.2) is 83.9 Å². The molecule has 2 aromatic carbocycles. The number of para-hydroxylation sites is 1. The first-order valence-electron chi connectivity index (χ1n) is 14.8. The molecule has 3 heterocycles. The molecule has 3 N–H and O–H groups in total. The van der Waals surface area contributed by atoms with Crippen molar-refractivity contribution in [3.8, 4) is 22.9 Å². The molecule has 0 aliphatic carbocycles. The third-order valence-electron chi connectivity index (χ3n) is 7.42. The van der Waals surface area contributed by atoms with Crippen LogP contribution in [-0.4, -0.2) is 59.0 Å². The van der Waals surface area contributed by atoms with Crippen LogP contribution in [0.25, 0.3) is 16.6 Å². The third-order valence-corrected chi connectivity index (χ3v) is 7.88. The van der Waals surface area contributed by atoms with E-state index in [1.807, 2.05) is 12.1 Å². The predicted molar refractivity (Wildman–Crippen MR) is 178 cm³/mol. The van der Waals surface area contributed by atoms with Gasteiger partial charge in [0.05, 0.1) is 36.5 Å². The Bertz CT molecular complexity index is 2130. The van der Waals surface area contributed by atoms with Gasteiger partial charge in [0.1, 0.15) is 34.7 Å². The van der Waals surface area contributed by atoms with E-state index < -0.39 is 33.6 Å². The maximum absolute atomic E-state index is 13.8. The van der Waals surface area contributed by atoms with Crippen molar-refractivity contribution in [3.63, 3.8) is 0 Å². The second kappa shape index (κ2) is 14.1. The summed E-state index contributed by atoms with van der Waals surface area (Å²) >= 11 is 0. The molecule has 48 heavy (non-hydrogen) atoms. The van der Waals surface area contributed by atoms with E-state index in [2.05, 4.69) is 19.5 Å². The lowest BCUT2D eigenvalue weighted by Gasteiger charge is -2.20. The lowest BCUT2D eigenvalue weighted by Crippen LogP contribution is -2.36.